The fraction of sp³-hybridized carbons (Fsp3) is 0.286. The third-order valence-corrected chi connectivity index (χ3v) is 5.63. The number of ether oxygens (including phenoxy) is 1. The van der Waals surface area contributed by atoms with Crippen LogP contribution in [0.1, 0.15) is 17.5 Å². The number of rotatable bonds is 5. The van der Waals surface area contributed by atoms with E-state index in [-0.39, 0.29) is 18.1 Å². The highest BCUT2D eigenvalue weighted by Gasteiger charge is 2.33. The van der Waals surface area contributed by atoms with Gasteiger partial charge in [-0.3, -0.25) is 9.59 Å². The monoisotopic (exact) mass is 395 g/mol. The van der Waals surface area contributed by atoms with Crippen LogP contribution >= 0.6 is 11.3 Å². The van der Waals surface area contributed by atoms with E-state index >= 15 is 0 Å². The predicted octanol–water partition coefficient (Wildman–Crippen LogP) is 3.06. The molecule has 0 spiro atoms. The first-order chi connectivity index (χ1) is 13.6. The standard InChI is InChI=1S/C21H21N3O3S/c1-13-7-8-15-19(9-13)28-21(23-15)24-20(26)16-10-17(25)18(11-22-16)27-12-14-5-3-2-4-6-14/h2-9,16,18,22H,10-12H2,1H3,(H,23,24,26). The summed E-state index contributed by atoms with van der Waals surface area (Å²) in [4.78, 5) is 29.4. The summed E-state index contributed by atoms with van der Waals surface area (Å²) in [6.45, 7) is 2.72. The zero-order valence-electron chi connectivity index (χ0n) is 15.5. The Kier molecular flexibility index (Phi) is 5.47. The van der Waals surface area contributed by atoms with Crippen LogP contribution in [0.3, 0.4) is 0 Å². The van der Waals surface area contributed by atoms with Gasteiger partial charge in [-0.2, -0.15) is 0 Å². The Morgan fingerprint density at radius 2 is 2.11 bits per heavy atom. The second-order valence-corrected chi connectivity index (χ2v) is 7.93. The first-order valence-corrected chi connectivity index (χ1v) is 10.00. The van der Waals surface area contributed by atoms with Crippen molar-refractivity contribution in [1.82, 2.24) is 10.3 Å². The summed E-state index contributed by atoms with van der Waals surface area (Å²) >= 11 is 1.43. The molecule has 3 aromatic rings. The minimum atomic E-state index is -0.571. The molecular weight excluding hydrogens is 374 g/mol. The Bertz CT molecular complexity index is 1000. The van der Waals surface area contributed by atoms with Gasteiger partial charge in [0, 0.05) is 13.0 Å². The van der Waals surface area contributed by atoms with E-state index in [4.69, 9.17) is 4.74 Å². The van der Waals surface area contributed by atoms with Crippen LogP contribution in [-0.4, -0.2) is 35.4 Å². The van der Waals surface area contributed by atoms with Crippen LogP contribution in [0.15, 0.2) is 48.5 Å². The van der Waals surface area contributed by atoms with Gasteiger partial charge in [0.1, 0.15) is 6.10 Å². The molecule has 1 aliphatic heterocycles. The highest BCUT2D eigenvalue weighted by atomic mass is 32.1. The molecule has 2 N–H and O–H groups in total. The van der Waals surface area contributed by atoms with Crippen LogP contribution in [0.2, 0.25) is 0 Å². The maximum Gasteiger partial charge on any atom is 0.243 e. The Hall–Kier alpha value is -2.61. The number of hydrogen-bond donors (Lipinski definition) is 2. The summed E-state index contributed by atoms with van der Waals surface area (Å²) < 4.78 is 6.75. The highest BCUT2D eigenvalue weighted by molar-refractivity contribution is 7.22. The van der Waals surface area contributed by atoms with E-state index in [1.54, 1.807) is 0 Å². The zero-order chi connectivity index (χ0) is 19.5. The van der Waals surface area contributed by atoms with Gasteiger partial charge in [-0.25, -0.2) is 4.98 Å². The van der Waals surface area contributed by atoms with Crippen LogP contribution in [0.25, 0.3) is 10.2 Å². The Balaban J connectivity index is 1.32. The summed E-state index contributed by atoms with van der Waals surface area (Å²) in [5.41, 5.74) is 3.02. The lowest BCUT2D eigenvalue weighted by atomic mass is 10.0. The summed E-state index contributed by atoms with van der Waals surface area (Å²) in [5.74, 6) is -0.305. The van der Waals surface area contributed by atoms with E-state index in [2.05, 4.69) is 15.6 Å². The molecule has 2 aromatic carbocycles. The number of anilines is 1. The third kappa shape index (κ3) is 4.27. The number of carbonyl (C=O) groups is 2. The van der Waals surface area contributed by atoms with Crippen LogP contribution < -0.4 is 10.6 Å². The molecule has 6 nitrogen and oxygen atoms in total. The molecule has 1 aliphatic rings. The highest BCUT2D eigenvalue weighted by Crippen LogP contribution is 2.27. The molecule has 0 radical (unpaired) electrons. The van der Waals surface area contributed by atoms with Gasteiger partial charge in [0.15, 0.2) is 10.9 Å². The molecule has 144 valence electrons. The molecule has 2 heterocycles. The van der Waals surface area contributed by atoms with Crippen LogP contribution in [-0.2, 0) is 20.9 Å². The molecule has 28 heavy (non-hydrogen) atoms. The van der Waals surface area contributed by atoms with Crippen LogP contribution in [0.4, 0.5) is 5.13 Å². The molecule has 1 aromatic heterocycles. The lowest BCUT2D eigenvalue weighted by Crippen LogP contribution is -2.53. The number of Topliss-reactive ketones (excluding diaryl/α,β-unsaturated/α-hetero) is 1. The number of aromatic nitrogens is 1. The first kappa shape index (κ1) is 18.7. The van der Waals surface area contributed by atoms with Crippen molar-refractivity contribution >= 4 is 38.4 Å². The number of thiazole rings is 1. The van der Waals surface area contributed by atoms with Gasteiger partial charge in [-0.15, -0.1) is 0 Å². The average molecular weight is 395 g/mol. The van der Waals surface area contributed by atoms with Crippen LogP contribution in [0.5, 0.6) is 0 Å². The average Bonchev–Trinajstić information content (AvgIpc) is 3.09. The molecule has 1 amide bonds. The number of fused-ring (bicyclic) bond motifs is 1. The summed E-state index contributed by atoms with van der Waals surface area (Å²) in [5, 5.41) is 6.49. The molecule has 0 saturated carbocycles. The third-order valence-electron chi connectivity index (χ3n) is 4.70. The van der Waals surface area contributed by atoms with Gasteiger partial charge in [0.2, 0.25) is 5.91 Å². The molecule has 0 bridgehead atoms. The molecule has 1 fully saturated rings. The van der Waals surface area contributed by atoms with E-state index in [0.29, 0.717) is 18.3 Å². The minimum Gasteiger partial charge on any atom is -0.364 e. The molecule has 4 rings (SSSR count). The number of nitrogens with one attached hydrogen (secondary N) is 2. The van der Waals surface area contributed by atoms with Gasteiger partial charge >= 0.3 is 0 Å². The fourth-order valence-corrected chi connectivity index (χ4v) is 4.12. The predicted molar refractivity (Wildman–Crippen MR) is 109 cm³/mol. The number of carbonyl (C=O) groups excluding carboxylic acids is 2. The zero-order valence-corrected chi connectivity index (χ0v) is 16.3. The maximum atomic E-state index is 12.5. The number of amides is 1. The van der Waals surface area contributed by atoms with E-state index in [0.717, 1.165) is 21.3 Å². The lowest BCUT2D eigenvalue weighted by molar-refractivity contribution is -0.137. The maximum absolute atomic E-state index is 12.5. The van der Waals surface area contributed by atoms with E-state index < -0.39 is 12.1 Å². The second kappa shape index (κ2) is 8.18. The SMILES string of the molecule is Cc1ccc2nc(NC(=O)C3CC(=O)C(OCc4ccccc4)CN3)sc2c1. The van der Waals surface area contributed by atoms with Gasteiger partial charge in [-0.1, -0.05) is 47.7 Å². The quantitative estimate of drug-likeness (QED) is 0.694. The number of nitrogens with zero attached hydrogens (tertiary/aromatic N) is 1. The molecule has 7 heteroatoms. The second-order valence-electron chi connectivity index (χ2n) is 6.90. The lowest BCUT2D eigenvalue weighted by Gasteiger charge is -2.27. The Morgan fingerprint density at radius 3 is 2.89 bits per heavy atom. The van der Waals surface area contributed by atoms with Crippen molar-refractivity contribution in [3.63, 3.8) is 0 Å². The molecule has 2 unspecified atom stereocenters. The van der Waals surface area contributed by atoms with Crippen LogP contribution in [0, 0.1) is 6.92 Å². The number of benzene rings is 2. The van der Waals surface area contributed by atoms with Gasteiger partial charge in [0.05, 0.1) is 22.9 Å². The molecule has 1 saturated heterocycles. The van der Waals surface area contributed by atoms with E-state index in [9.17, 15) is 9.59 Å². The van der Waals surface area contributed by atoms with Crippen molar-refractivity contribution in [2.75, 3.05) is 11.9 Å². The summed E-state index contributed by atoms with van der Waals surface area (Å²) in [6.07, 6.45) is -0.426. The van der Waals surface area contributed by atoms with Gasteiger partial charge in [-0.05, 0) is 30.2 Å². The van der Waals surface area contributed by atoms with E-state index in [1.807, 2.05) is 55.5 Å². The fourth-order valence-electron chi connectivity index (χ4n) is 3.15. The first-order valence-electron chi connectivity index (χ1n) is 9.18. The van der Waals surface area contributed by atoms with Crippen molar-refractivity contribution in [3.05, 3.63) is 59.7 Å². The Morgan fingerprint density at radius 1 is 1.29 bits per heavy atom. The normalized spacial score (nSPS) is 19.7. The van der Waals surface area contributed by atoms with E-state index in [1.165, 1.54) is 11.3 Å². The van der Waals surface area contributed by atoms with Crippen molar-refractivity contribution in [2.24, 2.45) is 0 Å². The smallest absolute Gasteiger partial charge is 0.243 e. The number of hydrogen-bond acceptors (Lipinski definition) is 6. The van der Waals surface area contributed by atoms with Crippen molar-refractivity contribution in [2.45, 2.75) is 32.1 Å². The van der Waals surface area contributed by atoms with Crippen molar-refractivity contribution in [1.29, 1.82) is 0 Å². The Labute approximate surface area is 166 Å². The molecular formula is C21H21N3O3S. The largest absolute Gasteiger partial charge is 0.364 e. The summed E-state index contributed by atoms with van der Waals surface area (Å²) in [7, 11) is 0. The van der Waals surface area contributed by atoms with Gasteiger partial charge in [0.25, 0.3) is 0 Å². The topological polar surface area (TPSA) is 80.3 Å². The summed E-state index contributed by atoms with van der Waals surface area (Å²) in [6, 6.07) is 15.1. The van der Waals surface area contributed by atoms with Crippen molar-refractivity contribution in [3.8, 4) is 0 Å². The number of piperidine rings is 1. The number of aryl methyl sites for hydroxylation is 1. The van der Waals surface area contributed by atoms with Crippen molar-refractivity contribution < 1.29 is 14.3 Å². The minimum absolute atomic E-state index is 0.0604. The van der Waals surface area contributed by atoms with Gasteiger partial charge < -0.3 is 15.4 Å². The molecule has 0 aliphatic carbocycles. The molecule has 2 atom stereocenters. The number of ketones is 1.